The van der Waals surface area contributed by atoms with Crippen molar-refractivity contribution in [2.45, 2.75) is 110 Å². The van der Waals surface area contributed by atoms with Crippen molar-refractivity contribution in [2.75, 3.05) is 6.61 Å². The Bertz CT molecular complexity index is 418. The number of unbranched alkanes of at least 4 members (excludes halogenated alkanes) is 11. The van der Waals surface area contributed by atoms with Gasteiger partial charge in [0.2, 0.25) is 0 Å². The molecule has 0 aromatic heterocycles. The molecule has 0 amide bonds. The van der Waals surface area contributed by atoms with Gasteiger partial charge in [-0.25, -0.2) is 4.18 Å². The zero-order valence-electron chi connectivity index (χ0n) is 17.1. The van der Waals surface area contributed by atoms with Crippen molar-refractivity contribution >= 4 is 10.4 Å². The van der Waals surface area contributed by atoms with E-state index in [-0.39, 0.29) is 6.61 Å². The molecule has 0 aliphatic carbocycles. The molecular formula is C21H42O4S. The molecule has 26 heavy (non-hydrogen) atoms. The summed E-state index contributed by atoms with van der Waals surface area (Å²) in [5.74, 6) is 0.559. The first kappa shape index (κ1) is 25.6. The van der Waals surface area contributed by atoms with E-state index in [0.29, 0.717) is 12.3 Å². The molecule has 0 radical (unpaired) electrons. The van der Waals surface area contributed by atoms with Gasteiger partial charge in [-0.05, 0) is 25.2 Å². The largest absolute Gasteiger partial charge is 0.397 e. The zero-order chi connectivity index (χ0) is 19.5. The normalized spacial score (nSPS) is 13.5. The second kappa shape index (κ2) is 18.0. The Hall–Kier alpha value is -0.390. The van der Waals surface area contributed by atoms with Crippen molar-refractivity contribution in [3.8, 4) is 0 Å². The highest BCUT2D eigenvalue weighted by Gasteiger charge is 2.03. The Morgan fingerprint density at radius 2 is 1.35 bits per heavy atom. The molecule has 0 aliphatic heterocycles. The highest BCUT2D eigenvalue weighted by molar-refractivity contribution is 7.80. The monoisotopic (exact) mass is 390 g/mol. The molecule has 0 fully saturated rings. The van der Waals surface area contributed by atoms with Gasteiger partial charge in [0.1, 0.15) is 0 Å². The SMILES string of the molecule is CCCCCCCCCCCCCCC(C=CCCOS(=O)(=O)O)CC. The Kier molecular flexibility index (Phi) is 17.7. The van der Waals surface area contributed by atoms with Crippen molar-refractivity contribution in [3.63, 3.8) is 0 Å². The zero-order valence-corrected chi connectivity index (χ0v) is 17.9. The highest BCUT2D eigenvalue weighted by Crippen LogP contribution is 2.17. The third-order valence-corrected chi connectivity index (χ3v) is 5.34. The van der Waals surface area contributed by atoms with Crippen LogP contribution in [0.15, 0.2) is 12.2 Å². The van der Waals surface area contributed by atoms with Gasteiger partial charge in [-0.1, -0.05) is 103 Å². The first-order valence-electron chi connectivity index (χ1n) is 10.8. The minimum absolute atomic E-state index is 0.00434. The summed E-state index contributed by atoms with van der Waals surface area (Å²) in [5.41, 5.74) is 0. The average molecular weight is 391 g/mol. The van der Waals surface area contributed by atoms with Gasteiger partial charge < -0.3 is 0 Å². The molecule has 1 N–H and O–H groups in total. The molecule has 0 bridgehead atoms. The van der Waals surface area contributed by atoms with Crippen LogP contribution in [0, 0.1) is 5.92 Å². The number of rotatable bonds is 19. The summed E-state index contributed by atoms with van der Waals surface area (Å²) in [6.07, 6.45) is 23.4. The van der Waals surface area contributed by atoms with E-state index in [0.717, 1.165) is 6.42 Å². The lowest BCUT2D eigenvalue weighted by atomic mass is 9.97. The lowest BCUT2D eigenvalue weighted by molar-refractivity contribution is 0.273. The Balaban J connectivity index is 3.46. The van der Waals surface area contributed by atoms with Crippen molar-refractivity contribution < 1.29 is 17.2 Å². The van der Waals surface area contributed by atoms with E-state index < -0.39 is 10.4 Å². The van der Waals surface area contributed by atoms with E-state index in [4.69, 9.17) is 4.55 Å². The van der Waals surface area contributed by atoms with Gasteiger partial charge in [0, 0.05) is 0 Å². The van der Waals surface area contributed by atoms with Gasteiger partial charge >= 0.3 is 10.4 Å². The number of hydrogen-bond donors (Lipinski definition) is 1. The van der Waals surface area contributed by atoms with Crippen LogP contribution in [0.1, 0.15) is 110 Å². The lowest BCUT2D eigenvalue weighted by Crippen LogP contribution is -2.04. The Morgan fingerprint density at radius 3 is 1.81 bits per heavy atom. The highest BCUT2D eigenvalue weighted by atomic mass is 32.3. The van der Waals surface area contributed by atoms with Crippen LogP contribution < -0.4 is 0 Å². The minimum Gasteiger partial charge on any atom is -0.264 e. The fourth-order valence-electron chi connectivity index (χ4n) is 3.19. The molecule has 1 atom stereocenters. The summed E-state index contributed by atoms with van der Waals surface area (Å²) in [6.45, 7) is 4.45. The third kappa shape index (κ3) is 19.9. The summed E-state index contributed by atoms with van der Waals surface area (Å²) in [4.78, 5) is 0. The van der Waals surface area contributed by atoms with Gasteiger partial charge in [0.15, 0.2) is 0 Å². The molecule has 0 rings (SSSR count). The molecule has 4 nitrogen and oxygen atoms in total. The first-order valence-corrected chi connectivity index (χ1v) is 12.1. The molecule has 0 saturated heterocycles. The maximum absolute atomic E-state index is 10.4. The van der Waals surface area contributed by atoms with Crippen LogP contribution in [0.3, 0.4) is 0 Å². The van der Waals surface area contributed by atoms with Gasteiger partial charge in [0.25, 0.3) is 0 Å². The summed E-state index contributed by atoms with van der Waals surface area (Å²) in [5, 5.41) is 0. The molecule has 1 unspecified atom stereocenters. The maximum atomic E-state index is 10.4. The van der Waals surface area contributed by atoms with Crippen LogP contribution >= 0.6 is 0 Å². The molecule has 5 heteroatoms. The first-order chi connectivity index (χ1) is 12.5. The van der Waals surface area contributed by atoms with Crippen molar-refractivity contribution in [1.29, 1.82) is 0 Å². The second-order valence-corrected chi connectivity index (χ2v) is 8.40. The van der Waals surface area contributed by atoms with Crippen molar-refractivity contribution in [2.24, 2.45) is 5.92 Å². The summed E-state index contributed by atoms with van der Waals surface area (Å²) in [6, 6.07) is 0. The molecule has 0 aromatic rings. The second-order valence-electron chi connectivity index (χ2n) is 7.31. The van der Waals surface area contributed by atoms with E-state index in [2.05, 4.69) is 24.1 Å². The quantitative estimate of drug-likeness (QED) is 0.148. The van der Waals surface area contributed by atoms with Crippen LogP contribution in [-0.4, -0.2) is 19.6 Å². The lowest BCUT2D eigenvalue weighted by Gasteiger charge is -2.10. The molecule has 0 aliphatic rings. The van der Waals surface area contributed by atoms with E-state index in [1.54, 1.807) is 0 Å². The number of hydrogen-bond acceptors (Lipinski definition) is 3. The topological polar surface area (TPSA) is 63.6 Å². The fourth-order valence-corrected chi connectivity index (χ4v) is 3.50. The van der Waals surface area contributed by atoms with Gasteiger partial charge in [-0.3, -0.25) is 4.55 Å². The molecule has 156 valence electrons. The van der Waals surface area contributed by atoms with Gasteiger partial charge in [0.05, 0.1) is 6.61 Å². The van der Waals surface area contributed by atoms with Crippen LogP contribution in [0.25, 0.3) is 0 Å². The van der Waals surface area contributed by atoms with Crippen molar-refractivity contribution in [1.82, 2.24) is 0 Å². The van der Waals surface area contributed by atoms with Crippen LogP contribution in [0.5, 0.6) is 0 Å². The summed E-state index contributed by atoms with van der Waals surface area (Å²) in [7, 11) is -4.30. The fraction of sp³-hybridized carbons (Fsp3) is 0.905. The molecule has 0 spiro atoms. The van der Waals surface area contributed by atoms with Crippen LogP contribution in [0.4, 0.5) is 0 Å². The predicted octanol–water partition coefficient (Wildman–Crippen LogP) is 6.87. The predicted molar refractivity (Wildman–Crippen MR) is 111 cm³/mol. The standard InChI is InChI=1S/C21H42O4S/c1-3-5-6-7-8-9-10-11-12-13-14-15-18-21(4-2)19-16-17-20-25-26(22,23)24/h16,19,21H,3-15,17-18,20H2,1-2H3,(H,22,23,24). The Morgan fingerprint density at radius 1 is 0.846 bits per heavy atom. The van der Waals surface area contributed by atoms with Crippen LogP contribution in [-0.2, 0) is 14.6 Å². The van der Waals surface area contributed by atoms with E-state index in [9.17, 15) is 8.42 Å². The van der Waals surface area contributed by atoms with E-state index in [1.165, 1.54) is 83.5 Å². The molecule has 0 saturated carbocycles. The van der Waals surface area contributed by atoms with E-state index in [1.807, 2.05) is 6.08 Å². The molecule has 0 aromatic carbocycles. The number of allylic oxidation sites excluding steroid dienone is 1. The third-order valence-electron chi connectivity index (χ3n) is 4.88. The van der Waals surface area contributed by atoms with Crippen LogP contribution in [0.2, 0.25) is 0 Å². The van der Waals surface area contributed by atoms with Crippen molar-refractivity contribution in [3.05, 3.63) is 12.2 Å². The molecule has 0 heterocycles. The van der Waals surface area contributed by atoms with Gasteiger partial charge in [-0.2, -0.15) is 8.42 Å². The average Bonchev–Trinajstić information content (AvgIpc) is 2.59. The molecular weight excluding hydrogens is 348 g/mol. The Labute approximate surface area is 162 Å². The van der Waals surface area contributed by atoms with Gasteiger partial charge in [-0.15, -0.1) is 0 Å². The minimum atomic E-state index is -4.30. The summed E-state index contributed by atoms with van der Waals surface area (Å²) >= 11 is 0. The van der Waals surface area contributed by atoms with E-state index >= 15 is 0 Å². The smallest absolute Gasteiger partial charge is 0.264 e. The summed E-state index contributed by atoms with van der Waals surface area (Å²) < 4.78 is 33.6. The maximum Gasteiger partial charge on any atom is 0.397 e.